The van der Waals surface area contributed by atoms with Gasteiger partial charge in [0.25, 0.3) is 0 Å². The number of amides is 2. The summed E-state index contributed by atoms with van der Waals surface area (Å²) in [6.07, 6.45) is 3.17. The van der Waals surface area contributed by atoms with E-state index >= 15 is 0 Å². The van der Waals surface area contributed by atoms with E-state index in [2.05, 4.69) is 5.32 Å². The summed E-state index contributed by atoms with van der Waals surface area (Å²) >= 11 is 0. The molecule has 0 aliphatic carbocycles. The van der Waals surface area contributed by atoms with E-state index in [0.717, 1.165) is 19.3 Å². The van der Waals surface area contributed by atoms with Gasteiger partial charge in [0.05, 0.1) is 0 Å². The number of ether oxygens (including phenoxy) is 1. The van der Waals surface area contributed by atoms with Crippen molar-refractivity contribution in [2.75, 3.05) is 20.3 Å². The van der Waals surface area contributed by atoms with Crippen LogP contribution in [0.2, 0.25) is 0 Å². The molecule has 0 aromatic rings. The predicted molar refractivity (Wildman–Crippen MR) is 66.5 cm³/mol. The van der Waals surface area contributed by atoms with Crippen molar-refractivity contribution in [2.45, 2.75) is 44.7 Å². The summed E-state index contributed by atoms with van der Waals surface area (Å²) in [5.74, 6) is -1.02. The molecule has 1 saturated heterocycles. The van der Waals surface area contributed by atoms with Crippen LogP contribution in [0, 0.1) is 0 Å². The molecule has 0 bridgehead atoms. The van der Waals surface area contributed by atoms with Crippen LogP contribution in [0.5, 0.6) is 0 Å². The second kappa shape index (κ2) is 7.20. The van der Waals surface area contributed by atoms with Crippen LogP contribution in [-0.2, 0) is 9.53 Å². The second-order valence-electron chi connectivity index (χ2n) is 4.52. The maximum absolute atomic E-state index is 12.0. The minimum atomic E-state index is -1.02. The fourth-order valence-corrected chi connectivity index (χ4v) is 2.25. The molecule has 1 rings (SSSR count). The van der Waals surface area contributed by atoms with Gasteiger partial charge >= 0.3 is 12.0 Å². The van der Waals surface area contributed by atoms with Crippen molar-refractivity contribution in [3.05, 3.63) is 0 Å². The highest BCUT2D eigenvalue weighted by Crippen LogP contribution is 2.19. The van der Waals surface area contributed by atoms with Crippen molar-refractivity contribution in [2.24, 2.45) is 0 Å². The van der Waals surface area contributed by atoms with Crippen LogP contribution in [0.15, 0.2) is 0 Å². The van der Waals surface area contributed by atoms with Crippen LogP contribution in [-0.4, -0.2) is 54.4 Å². The summed E-state index contributed by atoms with van der Waals surface area (Å²) in [6.45, 7) is 3.06. The van der Waals surface area contributed by atoms with E-state index in [1.807, 2.05) is 6.92 Å². The third kappa shape index (κ3) is 3.87. The van der Waals surface area contributed by atoms with Crippen molar-refractivity contribution in [3.8, 4) is 0 Å². The maximum Gasteiger partial charge on any atom is 0.326 e. The molecule has 1 aliphatic rings. The molecule has 2 N–H and O–H groups in total. The third-order valence-corrected chi connectivity index (χ3v) is 3.32. The molecule has 0 aromatic carbocycles. The average Bonchev–Trinajstić information content (AvgIpc) is 2.82. The molecule has 104 valence electrons. The molecule has 6 nitrogen and oxygen atoms in total. The van der Waals surface area contributed by atoms with Gasteiger partial charge in [-0.25, -0.2) is 9.59 Å². The number of nitrogens with one attached hydrogen (secondary N) is 1. The molecule has 6 heteroatoms. The number of carboxylic acids is 1. The monoisotopic (exact) mass is 258 g/mol. The Hall–Kier alpha value is -1.30. The third-order valence-electron chi connectivity index (χ3n) is 3.32. The van der Waals surface area contributed by atoms with E-state index in [1.54, 1.807) is 4.90 Å². The van der Waals surface area contributed by atoms with Crippen LogP contribution in [0.25, 0.3) is 0 Å². The lowest BCUT2D eigenvalue weighted by atomic mass is 10.2. The Kier molecular flexibility index (Phi) is 5.91. The topological polar surface area (TPSA) is 78.9 Å². The molecular formula is C12H22N2O4. The number of methoxy groups -OCH3 is 1. The quantitative estimate of drug-likeness (QED) is 0.746. The lowest BCUT2D eigenvalue weighted by Crippen LogP contribution is -2.49. The van der Waals surface area contributed by atoms with Crippen molar-refractivity contribution in [3.63, 3.8) is 0 Å². The fourth-order valence-electron chi connectivity index (χ4n) is 2.25. The van der Waals surface area contributed by atoms with Gasteiger partial charge in [0.2, 0.25) is 0 Å². The van der Waals surface area contributed by atoms with E-state index in [0.29, 0.717) is 13.2 Å². The molecule has 1 heterocycles. The van der Waals surface area contributed by atoms with Crippen LogP contribution < -0.4 is 5.32 Å². The molecule has 0 aromatic heterocycles. The number of rotatable bonds is 6. The van der Waals surface area contributed by atoms with E-state index in [1.165, 1.54) is 7.11 Å². The molecule has 0 saturated carbocycles. The van der Waals surface area contributed by atoms with E-state index in [9.17, 15) is 9.59 Å². The summed E-state index contributed by atoms with van der Waals surface area (Å²) < 4.78 is 4.84. The fraction of sp³-hybridized carbons (Fsp3) is 0.833. The summed E-state index contributed by atoms with van der Waals surface area (Å²) in [5.41, 5.74) is 0. The molecule has 18 heavy (non-hydrogen) atoms. The number of carbonyl (C=O) groups is 2. The van der Waals surface area contributed by atoms with Gasteiger partial charge in [-0.05, 0) is 19.3 Å². The van der Waals surface area contributed by atoms with Gasteiger partial charge in [0.15, 0.2) is 0 Å². The highest BCUT2D eigenvalue weighted by atomic mass is 16.5. The normalized spacial score (nSPS) is 20.8. The maximum atomic E-state index is 12.0. The lowest BCUT2D eigenvalue weighted by molar-refractivity contribution is -0.139. The summed E-state index contributed by atoms with van der Waals surface area (Å²) in [4.78, 5) is 24.8. The number of carboxylic acid groups (broad SMARTS) is 1. The first-order valence-electron chi connectivity index (χ1n) is 6.39. The SMILES string of the molecule is CCC1CCCN1C(=O)NC(CCOC)C(=O)O. The standard InChI is InChI=1S/C12H22N2O4/c1-3-9-5-4-7-14(9)12(17)13-10(11(15)16)6-8-18-2/h9-10H,3-8H2,1-2H3,(H,13,17)(H,15,16). The second-order valence-corrected chi connectivity index (χ2v) is 4.52. The molecule has 2 amide bonds. The minimum absolute atomic E-state index is 0.238. The van der Waals surface area contributed by atoms with Gasteiger partial charge in [0.1, 0.15) is 6.04 Å². The van der Waals surface area contributed by atoms with Gasteiger partial charge in [0, 0.05) is 32.7 Å². The Labute approximate surface area is 107 Å². The first kappa shape index (κ1) is 14.8. The van der Waals surface area contributed by atoms with Crippen LogP contribution >= 0.6 is 0 Å². The molecule has 2 unspecified atom stereocenters. The first-order valence-corrected chi connectivity index (χ1v) is 6.39. The van der Waals surface area contributed by atoms with Gasteiger partial charge in [-0.15, -0.1) is 0 Å². The van der Waals surface area contributed by atoms with Crippen molar-refractivity contribution in [1.29, 1.82) is 0 Å². The van der Waals surface area contributed by atoms with Crippen LogP contribution in [0.3, 0.4) is 0 Å². The van der Waals surface area contributed by atoms with Gasteiger partial charge in [-0.1, -0.05) is 6.92 Å². The first-order chi connectivity index (χ1) is 8.60. The Morgan fingerprint density at radius 3 is 2.83 bits per heavy atom. The zero-order valence-corrected chi connectivity index (χ0v) is 11.0. The Morgan fingerprint density at radius 2 is 2.28 bits per heavy atom. The predicted octanol–water partition coefficient (Wildman–Crippen LogP) is 1.06. The van der Waals surface area contributed by atoms with Gasteiger partial charge in [-0.2, -0.15) is 0 Å². The zero-order valence-electron chi connectivity index (χ0n) is 11.0. The van der Waals surface area contributed by atoms with Crippen LogP contribution in [0.1, 0.15) is 32.6 Å². The minimum Gasteiger partial charge on any atom is -0.480 e. The van der Waals surface area contributed by atoms with Crippen molar-refractivity contribution in [1.82, 2.24) is 10.2 Å². The Morgan fingerprint density at radius 1 is 1.56 bits per heavy atom. The number of carbonyl (C=O) groups excluding carboxylic acids is 1. The van der Waals surface area contributed by atoms with Gasteiger partial charge in [-0.3, -0.25) is 0 Å². The van der Waals surface area contributed by atoms with E-state index in [-0.39, 0.29) is 18.5 Å². The molecule has 2 atom stereocenters. The van der Waals surface area contributed by atoms with Crippen molar-refractivity contribution < 1.29 is 19.4 Å². The highest BCUT2D eigenvalue weighted by Gasteiger charge is 2.29. The van der Waals surface area contributed by atoms with E-state index in [4.69, 9.17) is 9.84 Å². The number of likely N-dealkylation sites (tertiary alicyclic amines) is 1. The zero-order chi connectivity index (χ0) is 13.5. The molecule has 1 fully saturated rings. The highest BCUT2D eigenvalue weighted by molar-refractivity contribution is 5.82. The molecule has 0 spiro atoms. The smallest absolute Gasteiger partial charge is 0.326 e. The number of hydrogen-bond acceptors (Lipinski definition) is 3. The van der Waals surface area contributed by atoms with Gasteiger partial charge < -0.3 is 20.1 Å². The Bertz CT molecular complexity index is 296. The van der Waals surface area contributed by atoms with Crippen LogP contribution in [0.4, 0.5) is 4.79 Å². The van der Waals surface area contributed by atoms with E-state index < -0.39 is 12.0 Å². The average molecular weight is 258 g/mol. The molecule has 0 radical (unpaired) electrons. The summed E-state index contributed by atoms with van der Waals surface area (Å²) in [5, 5.41) is 11.6. The summed E-state index contributed by atoms with van der Waals surface area (Å²) in [6, 6.07) is -0.916. The number of aliphatic carboxylic acids is 1. The largest absolute Gasteiger partial charge is 0.480 e. The molecular weight excluding hydrogens is 236 g/mol. The number of hydrogen-bond donors (Lipinski definition) is 2. The van der Waals surface area contributed by atoms with Crippen molar-refractivity contribution >= 4 is 12.0 Å². The molecule has 1 aliphatic heterocycles. The Balaban J connectivity index is 2.52. The number of nitrogens with zero attached hydrogens (tertiary/aromatic N) is 1. The summed E-state index contributed by atoms with van der Waals surface area (Å²) in [7, 11) is 1.51. The number of urea groups is 1. The lowest BCUT2D eigenvalue weighted by Gasteiger charge is -2.25.